The first-order valence-electron chi connectivity index (χ1n) is 3.64. The van der Waals surface area contributed by atoms with Crippen LogP contribution in [0, 0.1) is 0 Å². The van der Waals surface area contributed by atoms with Gasteiger partial charge in [-0.15, -0.1) is 0 Å². The lowest BCUT2D eigenvalue weighted by molar-refractivity contribution is 0.325. The van der Waals surface area contributed by atoms with Crippen LogP contribution in [0.15, 0.2) is 18.3 Å². The van der Waals surface area contributed by atoms with Crippen molar-refractivity contribution in [1.29, 1.82) is 0 Å². The first-order valence-corrected chi connectivity index (χ1v) is 4.88. The molecular formula is C8H8ClNOS2. The Morgan fingerprint density at radius 3 is 2.92 bits per heavy atom. The highest BCUT2D eigenvalue weighted by atomic mass is 35.5. The maximum atomic E-state index is 5.67. The Balaban J connectivity index is 2.37. The van der Waals surface area contributed by atoms with Crippen LogP contribution < -0.4 is 0 Å². The van der Waals surface area contributed by atoms with Gasteiger partial charge in [-0.2, -0.15) is 0 Å². The monoisotopic (exact) mass is 233 g/mol. The van der Waals surface area contributed by atoms with E-state index in [2.05, 4.69) is 29.8 Å². The summed E-state index contributed by atoms with van der Waals surface area (Å²) in [6, 6.07) is 3.65. The molecule has 0 aliphatic carbocycles. The normalized spacial score (nSPS) is 9.69. The Kier molecular flexibility index (Phi) is 4.48. The van der Waals surface area contributed by atoms with Crippen molar-refractivity contribution < 1.29 is 4.74 Å². The molecule has 0 aliphatic rings. The maximum Gasteiger partial charge on any atom is 0.216 e. The lowest BCUT2D eigenvalue weighted by atomic mass is 10.3. The van der Waals surface area contributed by atoms with E-state index in [4.69, 9.17) is 16.3 Å². The highest BCUT2D eigenvalue weighted by molar-refractivity contribution is 8.10. The summed E-state index contributed by atoms with van der Waals surface area (Å²) in [5.74, 6) is 0. The van der Waals surface area contributed by atoms with Crippen LogP contribution in [0.4, 0.5) is 0 Å². The number of nitrogens with zero attached hydrogens (tertiary/aromatic N) is 1. The second-order valence-corrected chi connectivity index (χ2v) is 3.85. The molecule has 0 N–H and O–H groups in total. The molecule has 0 bridgehead atoms. The summed E-state index contributed by atoms with van der Waals surface area (Å²) in [5.41, 5.74) is 0.925. The van der Waals surface area contributed by atoms with Crippen LogP contribution in [0.2, 0.25) is 5.02 Å². The first kappa shape index (κ1) is 10.8. The average Bonchev–Trinajstić information content (AvgIpc) is 2.08. The van der Waals surface area contributed by atoms with E-state index in [1.807, 2.05) is 6.07 Å². The minimum atomic E-state index is 0.258. The van der Waals surface area contributed by atoms with Crippen molar-refractivity contribution in [2.24, 2.45) is 0 Å². The van der Waals surface area contributed by atoms with Crippen LogP contribution in [0.3, 0.4) is 0 Å². The predicted molar refractivity (Wildman–Crippen MR) is 60.5 cm³/mol. The fourth-order valence-corrected chi connectivity index (χ4v) is 1.08. The van der Waals surface area contributed by atoms with Crippen LogP contribution in [0.1, 0.15) is 5.69 Å². The number of thiol groups is 1. The minimum Gasteiger partial charge on any atom is -0.478 e. The SMILES string of the molecule is S=C(S)OCCc1ccc(Cl)cn1. The summed E-state index contributed by atoms with van der Waals surface area (Å²) in [4.78, 5) is 4.09. The number of aromatic nitrogens is 1. The molecule has 0 amide bonds. The lowest BCUT2D eigenvalue weighted by Crippen LogP contribution is -2.01. The number of hydrogen-bond donors (Lipinski definition) is 1. The van der Waals surface area contributed by atoms with E-state index < -0.39 is 0 Å². The summed E-state index contributed by atoms with van der Waals surface area (Å²) in [6.07, 6.45) is 2.31. The molecule has 1 rings (SSSR count). The number of hydrogen-bond acceptors (Lipinski definition) is 3. The number of ether oxygens (including phenoxy) is 1. The molecule has 2 nitrogen and oxygen atoms in total. The molecule has 0 unspecified atom stereocenters. The highest BCUT2D eigenvalue weighted by Crippen LogP contribution is 2.06. The van der Waals surface area contributed by atoms with Crippen molar-refractivity contribution >= 4 is 40.8 Å². The van der Waals surface area contributed by atoms with E-state index in [-0.39, 0.29) is 4.38 Å². The summed E-state index contributed by atoms with van der Waals surface area (Å²) < 4.78 is 5.26. The molecule has 0 saturated heterocycles. The number of rotatable bonds is 3. The van der Waals surface area contributed by atoms with Crippen LogP contribution in [-0.4, -0.2) is 16.0 Å². The quantitative estimate of drug-likeness (QED) is 0.641. The first-order chi connectivity index (χ1) is 6.18. The van der Waals surface area contributed by atoms with Crippen LogP contribution in [0.25, 0.3) is 0 Å². The van der Waals surface area contributed by atoms with Gasteiger partial charge in [0.05, 0.1) is 11.6 Å². The topological polar surface area (TPSA) is 22.1 Å². The molecule has 1 aromatic rings. The zero-order valence-corrected chi connectivity index (χ0v) is 9.20. The van der Waals surface area contributed by atoms with Gasteiger partial charge >= 0.3 is 0 Å². The molecule has 1 heterocycles. The molecule has 0 saturated carbocycles. The average molecular weight is 234 g/mol. The summed E-state index contributed by atoms with van der Waals surface area (Å²) in [6.45, 7) is 0.497. The molecule has 70 valence electrons. The smallest absolute Gasteiger partial charge is 0.216 e. The third kappa shape index (κ3) is 4.45. The Morgan fingerprint density at radius 1 is 1.62 bits per heavy atom. The summed E-state index contributed by atoms with van der Waals surface area (Å²) >= 11 is 14.1. The molecule has 0 aromatic carbocycles. The summed E-state index contributed by atoms with van der Waals surface area (Å²) in [5, 5.41) is 0.634. The molecule has 13 heavy (non-hydrogen) atoms. The highest BCUT2D eigenvalue weighted by Gasteiger charge is 1.95. The molecule has 0 aliphatic heterocycles. The Morgan fingerprint density at radius 2 is 2.38 bits per heavy atom. The van der Waals surface area contributed by atoms with Gasteiger partial charge in [0, 0.05) is 18.3 Å². The van der Waals surface area contributed by atoms with Gasteiger partial charge in [-0.1, -0.05) is 24.2 Å². The molecule has 0 atom stereocenters. The van der Waals surface area contributed by atoms with Gasteiger partial charge in [0.25, 0.3) is 0 Å². The Bertz CT molecular complexity index is 289. The number of thiocarbonyl (C=S) groups is 1. The Labute approximate surface area is 92.7 Å². The third-order valence-corrected chi connectivity index (χ3v) is 1.84. The minimum absolute atomic E-state index is 0.258. The van der Waals surface area contributed by atoms with Crippen molar-refractivity contribution in [3.63, 3.8) is 0 Å². The maximum absolute atomic E-state index is 5.67. The molecule has 1 aromatic heterocycles. The Hall–Kier alpha value is -0.320. The predicted octanol–water partition coefficient (Wildman–Crippen LogP) is 2.51. The van der Waals surface area contributed by atoms with Crippen LogP contribution in [0.5, 0.6) is 0 Å². The fraction of sp³-hybridized carbons (Fsp3) is 0.250. The van der Waals surface area contributed by atoms with Gasteiger partial charge in [0.2, 0.25) is 4.38 Å². The largest absolute Gasteiger partial charge is 0.478 e. The second kappa shape index (κ2) is 5.42. The second-order valence-electron chi connectivity index (χ2n) is 2.33. The number of halogens is 1. The zero-order valence-electron chi connectivity index (χ0n) is 6.74. The zero-order chi connectivity index (χ0) is 9.68. The summed E-state index contributed by atoms with van der Waals surface area (Å²) in [7, 11) is 0. The molecule has 5 heteroatoms. The lowest BCUT2D eigenvalue weighted by Gasteiger charge is -2.02. The van der Waals surface area contributed by atoms with Crippen molar-refractivity contribution in [2.45, 2.75) is 6.42 Å². The fourth-order valence-electron chi connectivity index (χ4n) is 0.797. The van der Waals surface area contributed by atoms with Crippen molar-refractivity contribution in [1.82, 2.24) is 4.98 Å². The van der Waals surface area contributed by atoms with E-state index in [1.165, 1.54) is 0 Å². The van der Waals surface area contributed by atoms with Gasteiger partial charge in [-0.25, -0.2) is 0 Å². The molecule has 0 radical (unpaired) electrons. The van der Waals surface area contributed by atoms with Crippen molar-refractivity contribution in [3.8, 4) is 0 Å². The van der Waals surface area contributed by atoms with Gasteiger partial charge in [0.1, 0.15) is 0 Å². The van der Waals surface area contributed by atoms with Gasteiger partial charge < -0.3 is 4.74 Å². The molecule has 0 spiro atoms. The van der Waals surface area contributed by atoms with Gasteiger partial charge in [0.15, 0.2) is 0 Å². The van der Waals surface area contributed by atoms with E-state index in [1.54, 1.807) is 12.3 Å². The van der Waals surface area contributed by atoms with Gasteiger partial charge in [-0.3, -0.25) is 4.98 Å². The van der Waals surface area contributed by atoms with Gasteiger partial charge in [-0.05, 0) is 24.4 Å². The molecular weight excluding hydrogens is 226 g/mol. The van der Waals surface area contributed by atoms with Crippen LogP contribution in [-0.2, 0) is 11.2 Å². The molecule has 0 fully saturated rings. The van der Waals surface area contributed by atoms with E-state index in [0.717, 1.165) is 5.69 Å². The van der Waals surface area contributed by atoms with E-state index in [0.29, 0.717) is 18.1 Å². The third-order valence-electron chi connectivity index (χ3n) is 1.37. The van der Waals surface area contributed by atoms with Crippen molar-refractivity contribution in [3.05, 3.63) is 29.0 Å². The van der Waals surface area contributed by atoms with Crippen molar-refractivity contribution in [2.75, 3.05) is 6.61 Å². The van der Waals surface area contributed by atoms with Crippen LogP contribution >= 0.6 is 36.4 Å². The standard InChI is InChI=1S/C8H8ClNOS2/c9-6-1-2-7(10-5-6)3-4-11-8(12)13/h1-2,5H,3-4H2,(H,12,13). The number of pyridine rings is 1. The van der Waals surface area contributed by atoms with E-state index in [9.17, 15) is 0 Å². The van der Waals surface area contributed by atoms with E-state index >= 15 is 0 Å².